The Balaban J connectivity index is 2.03. The molecule has 3 aromatic rings. The highest BCUT2D eigenvalue weighted by molar-refractivity contribution is 5.66. The smallest absolute Gasteiger partial charge is 0.250 e. The van der Waals surface area contributed by atoms with Crippen LogP contribution in [0.25, 0.3) is 11.1 Å². The molecule has 0 saturated carbocycles. The van der Waals surface area contributed by atoms with Crippen LogP contribution in [0, 0.1) is 6.92 Å². The van der Waals surface area contributed by atoms with E-state index < -0.39 is 0 Å². The van der Waals surface area contributed by atoms with Gasteiger partial charge in [0.05, 0.1) is 17.8 Å². The standard InChI is InChI=1S/C17H16N2O3/c1-12-17(15(11-20)22-18-12)14-7-8-16(21)19(10-14)9-13-5-3-2-4-6-13/h2-8,10,20H,9,11H2,1H3. The summed E-state index contributed by atoms with van der Waals surface area (Å²) in [6, 6.07) is 13.0. The van der Waals surface area contributed by atoms with Crippen LogP contribution in [0.3, 0.4) is 0 Å². The maximum Gasteiger partial charge on any atom is 0.250 e. The average molecular weight is 296 g/mol. The lowest BCUT2D eigenvalue weighted by molar-refractivity contribution is 0.229. The van der Waals surface area contributed by atoms with Crippen LogP contribution in [0.2, 0.25) is 0 Å². The molecular weight excluding hydrogens is 280 g/mol. The van der Waals surface area contributed by atoms with Crippen LogP contribution >= 0.6 is 0 Å². The maximum atomic E-state index is 12.1. The van der Waals surface area contributed by atoms with E-state index in [1.165, 1.54) is 6.07 Å². The average Bonchev–Trinajstić information content (AvgIpc) is 2.91. The van der Waals surface area contributed by atoms with Crippen molar-refractivity contribution in [3.05, 3.63) is 76.0 Å². The predicted molar refractivity (Wildman–Crippen MR) is 82.4 cm³/mol. The molecule has 0 bridgehead atoms. The second-order valence-corrected chi connectivity index (χ2v) is 5.09. The summed E-state index contributed by atoms with van der Waals surface area (Å²) in [4.78, 5) is 12.1. The summed E-state index contributed by atoms with van der Waals surface area (Å²) in [5.41, 5.74) is 3.20. The van der Waals surface area contributed by atoms with Gasteiger partial charge in [0.25, 0.3) is 5.56 Å². The summed E-state index contributed by atoms with van der Waals surface area (Å²) in [5.74, 6) is 0.405. The molecule has 1 aromatic carbocycles. The third-order valence-corrected chi connectivity index (χ3v) is 3.54. The maximum absolute atomic E-state index is 12.1. The molecule has 0 unspecified atom stereocenters. The fourth-order valence-corrected chi connectivity index (χ4v) is 2.48. The number of aliphatic hydroxyl groups excluding tert-OH is 1. The second-order valence-electron chi connectivity index (χ2n) is 5.09. The van der Waals surface area contributed by atoms with Crippen LogP contribution in [0.4, 0.5) is 0 Å². The molecule has 2 aromatic heterocycles. The highest BCUT2D eigenvalue weighted by Gasteiger charge is 2.15. The Hall–Kier alpha value is -2.66. The van der Waals surface area contributed by atoms with Gasteiger partial charge in [-0.05, 0) is 18.6 Å². The van der Waals surface area contributed by atoms with E-state index in [1.807, 2.05) is 37.3 Å². The highest BCUT2D eigenvalue weighted by atomic mass is 16.5. The van der Waals surface area contributed by atoms with Crippen molar-refractivity contribution in [1.29, 1.82) is 0 Å². The summed E-state index contributed by atoms with van der Waals surface area (Å²) in [7, 11) is 0. The zero-order valence-electron chi connectivity index (χ0n) is 12.2. The van der Waals surface area contributed by atoms with Crippen molar-refractivity contribution in [1.82, 2.24) is 9.72 Å². The molecule has 0 saturated heterocycles. The normalized spacial score (nSPS) is 10.8. The number of hydrogen-bond acceptors (Lipinski definition) is 4. The molecule has 0 radical (unpaired) electrons. The lowest BCUT2D eigenvalue weighted by Crippen LogP contribution is -2.19. The van der Waals surface area contributed by atoms with Crippen LogP contribution in [0.1, 0.15) is 17.0 Å². The number of nitrogens with zero attached hydrogens (tertiary/aromatic N) is 2. The van der Waals surface area contributed by atoms with E-state index in [0.717, 1.165) is 16.7 Å². The van der Waals surface area contributed by atoms with Crippen molar-refractivity contribution in [2.45, 2.75) is 20.1 Å². The Morgan fingerprint density at radius 1 is 1.18 bits per heavy atom. The summed E-state index contributed by atoms with van der Waals surface area (Å²) in [6.45, 7) is 2.07. The van der Waals surface area contributed by atoms with Crippen LogP contribution in [0.15, 0.2) is 58.0 Å². The quantitative estimate of drug-likeness (QED) is 0.802. The molecule has 112 valence electrons. The van der Waals surface area contributed by atoms with Gasteiger partial charge in [0.2, 0.25) is 0 Å². The van der Waals surface area contributed by atoms with E-state index in [9.17, 15) is 9.90 Å². The number of aromatic nitrogens is 2. The molecule has 3 rings (SSSR count). The van der Waals surface area contributed by atoms with Gasteiger partial charge in [-0.15, -0.1) is 0 Å². The van der Waals surface area contributed by atoms with Crippen molar-refractivity contribution in [2.75, 3.05) is 0 Å². The highest BCUT2D eigenvalue weighted by Crippen LogP contribution is 2.26. The van der Waals surface area contributed by atoms with Gasteiger partial charge >= 0.3 is 0 Å². The predicted octanol–water partition coefficient (Wildman–Crippen LogP) is 2.35. The SMILES string of the molecule is Cc1noc(CO)c1-c1ccc(=O)n(Cc2ccccc2)c1. The number of benzene rings is 1. The van der Waals surface area contributed by atoms with Crippen molar-refractivity contribution in [2.24, 2.45) is 0 Å². The molecule has 0 aliphatic rings. The van der Waals surface area contributed by atoms with Crippen molar-refractivity contribution in [3.8, 4) is 11.1 Å². The Morgan fingerprint density at radius 2 is 1.95 bits per heavy atom. The first-order valence-corrected chi connectivity index (χ1v) is 7.00. The van der Waals surface area contributed by atoms with Gasteiger partial charge in [-0.3, -0.25) is 4.79 Å². The fourth-order valence-electron chi connectivity index (χ4n) is 2.48. The summed E-state index contributed by atoms with van der Waals surface area (Å²) >= 11 is 0. The Labute approximate surface area is 127 Å². The Kier molecular flexibility index (Phi) is 3.89. The summed E-state index contributed by atoms with van der Waals surface area (Å²) in [6.07, 6.45) is 1.77. The lowest BCUT2D eigenvalue weighted by Gasteiger charge is -2.08. The first-order valence-electron chi connectivity index (χ1n) is 7.00. The molecule has 0 amide bonds. The van der Waals surface area contributed by atoms with Gasteiger partial charge in [-0.1, -0.05) is 35.5 Å². The number of aliphatic hydroxyl groups is 1. The molecule has 0 atom stereocenters. The molecule has 5 nitrogen and oxygen atoms in total. The van der Waals surface area contributed by atoms with Crippen LogP contribution in [-0.4, -0.2) is 14.8 Å². The molecular formula is C17H16N2O3. The van der Waals surface area contributed by atoms with Gasteiger partial charge < -0.3 is 14.2 Å². The first kappa shape index (κ1) is 14.3. The molecule has 22 heavy (non-hydrogen) atoms. The lowest BCUT2D eigenvalue weighted by atomic mass is 10.1. The van der Waals surface area contributed by atoms with Crippen LogP contribution < -0.4 is 5.56 Å². The summed E-state index contributed by atoms with van der Waals surface area (Å²) in [5, 5.41) is 13.2. The molecule has 0 aliphatic heterocycles. The molecule has 0 aliphatic carbocycles. The molecule has 1 N–H and O–H groups in total. The van der Waals surface area contributed by atoms with Crippen molar-refractivity contribution < 1.29 is 9.63 Å². The van der Waals surface area contributed by atoms with Crippen LogP contribution in [-0.2, 0) is 13.2 Å². The zero-order valence-corrected chi connectivity index (χ0v) is 12.2. The van der Waals surface area contributed by atoms with Crippen molar-refractivity contribution in [3.63, 3.8) is 0 Å². The number of aryl methyl sites for hydroxylation is 1. The monoisotopic (exact) mass is 296 g/mol. The third-order valence-electron chi connectivity index (χ3n) is 3.54. The van der Waals surface area contributed by atoms with Gasteiger partial charge in [0, 0.05) is 17.8 Å². The van der Waals surface area contributed by atoms with Gasteiger partial charge in [0.15, 0.2) is 5.76 Å². The van der Waals surface area contributed by atoms with Gasteiger partial charge in [0.1, 0.15) is 6.61 Å². The largest absolute Gasteiger partial charge is 0.388 e. The van der Waals surface area contributed by atoms with E-state index in [2.05, 4.69) is 5.16 Å². The van der Waals surface area contributed by atoms with E-state index in [0.29, 0.717) is 18.0 Å². The third kappa shape index (κ3) is 2.71. The number of pyridine rings is 1. The zero-order chi connectivity index (χ0) is 15.5. The minimum Gasteiger partial charge on any atom is -0.388 e. The van der Waals surface area contributed by atoms with Crippen LogP contribution in [0.5, 0.6) is 0 Å². The van der Waals surface area contributed by atoms with Gasteiger partial charge in [-0.25, -0.2) is 0 Å². The van der Waals surface area contributed by atoms with E-state index in [1.54, 1.807) is 16.8 Å². The molecule has 0 fully saturated rings. The molecule has 2 heterocycles. The van der Waals surface area contributed by atoms with E-state index in [4.69, 9.17) is 4.52 Å². The number of rotatable bonds is 4. The van der Waals surface area contributed by atoms with Crippen molar-refractivity contribution >= 4 is 0 Å². The molecule has 5 heteroatoms. The topological polar surface area (TPSA) is 68.3 Å². The number of hydrogen-bond donors (Lipinski definition) is 1. The first-order chi connectivity index (χ1) is 10.7. The van der Waals surface area contributed by atoms with Gasteiger partial charge in [-0.2, -0.15) is 0 Å². The molecule has 0 spiro atoms. The Bertz CT molecular complexity index is 835. The van der Waals surface area contributed by atoms with E-state index in [-0.39, 0.29) is 12.2 Å². The summed E-state index contributed by atoms with van der Waals surface area (Å²) < 4.78 is 6.74. The minimum atomic E-state index is -0.228. The minimum absolute atomic E-state index is 0.0766. The Morgan fingerprint density at radius 3 is 2.68 bits per heavy atom. The van der Waals surface area contributed by atoms with E-state index >= 15 is 0 Å². The fraction of sp³-hybridized carbons (Fsp3) is 0.176. The second kappa shape index (κ2) is 5.99.